The molecule has 0 heterocycles. The molecular weight excluding hydrogens is 526 g/mol. The molecule has 0 fully saturated rings. The molecule has 40 heavy (non-hydrogen) atoms. The molecule has 0 spiro atoms. The van der Waals surface area contributed by atoms with Crippen LogP contribution in [0.1, 0.15) is 44.4 Å². The number of benzene rings is 3. The standard InChI is InChI=1S/C31H39N3O5S/c1-22-13-16-25(17-14-22)20-33(24(3)30(36)32-31(4,5)6)29(35)21-34(27-19-23(2)15-18-28(27)39-7)40(37,38)26-11-9-8-10-12-26/h8-19,24H,20-21H2,1-7H3,(H,32,36)/t24-/m0/s1. The van der Waals surface area contributed by atoms with Gasteiger partial charge in [0.1, 0.15) is 18.3 Å². The van der Waals surface area contributed by atoms with Crippen molar-refractivity contribution in [3.05, 3.63) is 89.5 Å². The first-order valence-corrected chi connectivity index (χ1v) is 14.6. The van der Waals surface area contributed by atoms with Crippen LogP contribution in [0.15, 0.2) is 77.7 Å². The number of sulfonamides is 1. The lowest BCUT2D eigenvalue weighted by atomic mass is 10.1. The summed E-state index contributed by atoms with van der Waals surface area (Å²) >= 11 is 0. The Morgan fingerprint density at radius 1 is 0.925 bits per heavy atom. The number of nitrogens with one attached hydrogen (secondary N) is 1. The number of rotatable bonds is 10. The number of nitrogens with zero attached hydrogens (tertiary/aromatic N) is 2. The molecule has 0 aliphatic rings. The average Bonchev–Trinajstić information content (AvgIpc) is 2.90. The minimum atomic E-state index is -4.18. The lowest BCUT2D eigenvalue weighted by Gasteiger charge is -2.33. The van der Waals surface area contributed by atoms with Crippen LogP contribution in [0.25, 0.3) is 0 Å². The first-order valence-electron chi connectivity index (χ1n) is 13.1. The molecule has 3 aromatic carbocycles. The Balaban J connectivity index is 2.09. The van der Waals surface area contributed by atoms with Crippen molar-refractivity contribution in [2.75, 3.05) is 18.0 Å². The molecule has 0 aromatic heterocycles. The van der Waals surface area contributed by atoms with Crippen LogP contribution in [0.4, 0.5) is 5.69 Å². The van der Waals surface area contributed by atoms with E-state index in [-0.39, 0.29) is 23.0 Å². The molecule has 0 saturated heterocycles. The maximum Gasteiger partial charge on any atom is 0.264 e. The van der Waals surface area contributed by atoms with Crippen LogP contribution >= 0.6 is 0 Å². The number of carbonyl (C=O) groups excluding carboxylic acids is 2. The number of amides is 2. The second kappa shape index (κ2) is 12.6. The van der Waals surface area contributed by atoms with Crippen molar-refractivity contribution in [1.82, 2.24) is 10.2 Å². The summed E-state index contributed by atoms with van der Waals surface area (Å²) in [4.78, 5) is 28.7. The van der Waals surface area contributed by atoms with Crippen molar-refractivity contribution < 1.29 is 22.7 Å². The monoisotopic (exact) mass is 565 g/mol. The maximum absolute atomic E-state index is 14.1. The molecule has 2 amide bonds. The number of methoxy groups -OCH3 is 1. The molecule has 1 atom stereocenters. The zero-order valence-corrected chi connectivity index (χ0v) is 25.1. The third-order valence-corrected chi connectivity index (χ3v) is 8.13. The molecule has 0 unspecified atom stereocenters. The summed E-state index contributed by atoms with van der Waals surface area (Å²) in [6, 6.07) is 19.9. The van der Waals surface area contributed by atoms with Crippen molar-refractivity contribution in [3.8, 4) is 5.75 Å². The Hall–Kier alpha value is -3.85. The quantitative estimate of drug-likeness (QED) is 0.380. The number of aryl methyl sites for hydroxylation is 2. The van der Waals surface area contributed by atoms with E-state index in [2.05, 4.69) is 5.32 Å². The second-order valence-electron chi connectivity index (χ2n) is 10.9. The van der Waals surface area contributed by atoms with Gasteiger partial charge in [-0.25, -0.2) is 8.42 Å². The second-order valence-corrected chi connectivity index (χ2v) is 12.8. The molecule has 0 aliphatic carbocycles. The summed E-state index contributed by atoms with van der Waals surface area (Å²) in [5.41, 5.74) is 2.40. The van der Waals surface area contributed by atoms with E-state index in [1.165, 1.54) is 24.1 Å². The molecule has 3 aromatic rings. The van der Waals surface area contributed by atoms with E-state index in [9.17, 15) is 18.0 Å². The first kappa shape index (κ1) is 30.7. The van der Waals surface area contributed by atoms with E-state index in [1.54, 1.807) is 43.3 Å². The van der Waals surface area contributed by atoms with Gasteiger partial charge in [0.25, 0.3) is 10.0 Å². The van der Waals surface area contributed by atoms with E-state index in [1.807, 2.05) is 58.9 Å². The van der Waals surface area contributed by atoms with Crippen LogP contribution in [-0.4, -0.2) is 50.4 Å². The fourth-order valence-corrected chi connectivity index (χ4v) is 5.61. The van der Waals surface area contributed by atoms with Crippen LogP contribution in [0.2, 0.25) is 0 Å². The Kier molecular flexibility index (Phi) is 9.63. The van der Waals surface area contributed by atoms with Gasteiger partial charge >= 0.3 is 0 Å². The van der Waals surface area contributed by atoms with Gasteiger partial charge in [-0.15, -0.1) is 0 Å². The minimum Gasteiger partial charge on any atom is -0.495 e. The van der Waals surface area contributed by atoms with Gasteiger partial charge in [0.15, 0.2) is 0 Å². The fourth-order valence-electron chi connectivity index (χ4n) is 4.17. The van der Waals surface area contributed by atoms with E-state index >= 15 is 0 Å². The Bertz CT molecular complexity index is 1430. The zero-order valence-electron chi connectivity index (χ0n) is 24.3. The molecule has 0 saturated carbocycles. The van der Waals surface area contributed by atoms with Gasteiger partial charge in [0, 0.05) is 12.1 Å². The molecule has 3 rings (SSSR count). The summed E-state index contributed by atoms with van der Waals surface area (Å²) < 4.78 is 34.5. The smallest absolute Gasteiger partial charge is 0.264 e. The molecule has 214 valence electrons. The van der Waals surface area contributed by atoms with E-state index in [4.69, 9.17) is 4.74 Å². The molecule has 0 aliphatic heterocycles. The Labute approximate surface area is 238 Å². The highest BCUT2D eigenvalue weighted by Crippen LogP contribution is 2.33. The van der Waals surface area contributed by atoms with Gasteiger partial charge < -0.3 is 15.0 Å². The highest BCUT2D eigenvalue weighted by atomic mass is 32.2. The molecule has 8 nitrogen and oxygen atoms in total. The largest absolute Gasteiger partial charge is 0.495 e. The first-order chi connectivity index (χ1) is 18.7. The Morgan fingerprint density at radius 3 is 2.10 bits per heavy atom. The van der Waals surface area contributed by atoms with Crippen molar-refractivity contribution >= 4 is 27.5 Å². The van der Waals surface area contributed by atoms with Crippen molar-refractivity contribution in [3.63, 3.8) is 0 Å². The maximum atomic E-state index is 14.1. The lowest BCUT2D eigenvalue weighted by molar-refractivity contribution is -0.140. The zero-order chi connectivity index (χ0) is 29.7. The van der Waals surface area contributed by atoms with Crippen LogP contribution in [-0.2, 0) is 26.2 Å². The number of anilines is 1. The van der Waals surface area contributed by atoms with Crippen LogP contribution < -0.4 is 14.4 Å². The topological polar surface area (TPSA) is 96.0 Å². The number of hydrogen-bond donors (Lipinski definition) is 1. The predicted octanol–water partition coefficient (Wildman–Crippen LogP) is 4.84. The Morgan fingerprint density at radius 2 is 1.52 bits per heavy atom. The van der Waals surface area contributed by atoms with E-state index in [0.29, 0.717) is 5.75 Å². The summed E-state index contributed by atoms with van der Waals surface area (Å²) in [6.07, 6.45) is 0. The normalized spacial score (nSPS) is 12.4. The summed E-state index contributed by atoms with van der Waals surface area (Å²) in [6.45, 7) is 10.6. The predicted molar refractivity (Wildman–Crippen MR) is 158 cm³/mol. The number of carbonyl (C=O) groups is 2. The third kappa shape index (κ3) is 7.63. The van der Waals surface area contributed by atoms with Crippen LogP contribution in [0.3, 0.4) is 0 Å². The fraction of sp³-hybridized carbons (Fsp3) is 0.355. The molecule has 0 radical (unpaired) electrons. The summed E-state index contributed by atoms with van der Waals surface area (Å²) in [5, 5.41) is 2.93. The van der Waals surface area contributed by atoms with Gasteiger partial charge in [-0.05, 0) is 76.9 Å². The van der Waals surface area contributed by atoms with Gasteiger partial charge in [-0.3, -0.25) is 13.9 Å². The van der Waals surface area contributed by atoms with E-state index < -0.39 is 34.1 Å². The van der Waals surface area contributed by atoms with E-state index in [0.717, 1.165) is 21.0 Å². The molecule has 0 bridgehead atoms. The van der Waals surface area contributed by atoms with Gasteiger partial charge in [0.2, 0.25) is 11.8 Å². The number of hydrogen-bond acceptors (Lipinski definition) is 5. The van der Waals surface area contributed by atoms with Gasteiger partial charge in [0.05, 0.1) is 17.7 Å². The summed E-state index contributed by atoms with van der Waals surface area (Å²) in [7, 11) is -2.73. The van der Waals surface area contributed by atoms with Crippen molar-refractivity contribution in [2.24, 2.45) is 0 Å². The molecule has 9 heteroatoms. The lowest BCUT2D eigenvalue weighted by Crippen LogP contribution is -2.54. The number of ether oxygens (including phenoxy) is 1. The highest BCUT2D eigenvalue weighted by Gasteiger charge is 2.34. The van der Waals surface area contributed by atoms with Crippen LogP contribution in [0.5, 0.6) is 5.75 Å². The minimum absolute atomic E-state index is 0.0370. The van der Waals surface area contributed by atoms with Crippen molar-refractivity contribution in [2.45, 2.75) is 64.6 Å². The molecule has 1 N–H and O–H groups in total. The third-order valence-electron chi connectivity index (χ3n) is 6.35. The van der Waals surface area contributed by atoms with Gasteiger partial charge in [-0.2, -0.15) is 0 Å². The van der Waals surface area contributed by atoms with Crippen molar-refractivity contribution in [1.29, 1.82) is 0 Å². The van der Waals surface area contributed by atoms with Crippen LogP contribution in [0, 0.1) is 13.8 Å². The average molecular weight is 566 g/mol. The summed E-state index contributed by atoms with van der Waals surface area (Å²) in [5.74, 6) is -0.555. The molecular formula is C31H39N3O5S. The van der Waals surface area contributed by atoms with Gasteiger partial charge in [-0.1, -0.05) is 54.1 Å². The SMILES string of the molecule is COc1ccc(C)cc1N(CC(=O)N(Cc1ccc(C)cc1)[C@@H](C)C(=O)NC(C)(C)C)S(=O)(=O)c1ccccc1. The highest BCUT2D eigenvalue weighted by molar-refractivity contribution is 7.92.